The van der Waals surface area contributed by atoms with Gasteiger partial charge in [0.2, 0.25) is 0 Å². The van der Waals surface area contributed by atoms with Gasteiger partial charge in [-0.15, -0.1) is 0 Å². The Morgan fingerprint density at radius 1 is 0.585 bits per heavy atom. The zero-order valence-corrected chi connectivity index (χ0v) is 30.0. The Morgan fingerprint density at radius 2 is 0.951 bits per heavy atom. The Morgan fingerprint density at radius 3 is 1.29 bits per heavy atom. The number of halogens is 2. The molecule has 0 radical (unpaired) electrons. The van der Waals surface area contributed by atoms with Crippen LogP contribution in [0.1, 0.15) is 152 Å². The normalized spacial score (nSPS) is 14.3. The summed E-state index contributed by atoms with van der Waals surface area (Å²) in [5.41, 5.74) is 7.39. The molecule has 4 heteroatoms. The van der Waals surface area contributed by atoms with Crippen LogP contribution in [0.5, 0.6) is 0 Å². The minimum absolute atomic E-state index is 0.177. The summed E-state index contributed by atoms with van der Waals surface area (Å²) in [6.45, 7) is 26.7. The lowest BCUT2D eigenvalue weighted by molar-refractivity contribution is 0.798. The second-order valence-corrected chi connectivity index (χ2v) is 18.9. The van der Waals surface area contributed by atoms with Crippen LogP contribution in [0.4, 0.5) is 4.11 Å². The first-order chi connectivity index (χ1) is 19.1. The van der Waals surface area contributed by atoms with E-state index in [-0.39, 0.29) is 11.8 Å². The molecule has 0 aromatic heterocycles. The van der Waals surface area contributed by atoms with E-state index in [1.165, 1.54) is 27.6 Å². The van der Waals surface area contributed by atoms with Crippen molar-refractivity contribution in [2.24, 2.45) is 0 Å². The van der Waals surface area contributed by atoms with Crippen molar-refractivity contribution in [2.45, 2.75) is 119 Å². The molecule has 0 spiro atoms. The second kappa shape index (κ2) is 13.7. The van der Waals surface area contributed by atoms with Crippen molar-refractivity contribution in [3.05, 3.63) is 88.0 Å². The van der Waals surface area contributed by atoms with E-state index >= 15 is 4.11 Å². The summed E-state index contributed by atoms with van der Waals surface area (Å²) < 4.78 is 19.2. The summed E-state index contributed by atoms with van der Waals surface area (Å²) in [5, 5.41) is 2.78. The molecule has 0 aliphatic rings. The minimum atomic E-state index is -4.04. The van der Waals surface area contributed by atoms with Gasteiger partial charge in [-0.3, -0.25) is 4.11 Å². The molecule has 0 aliphatic heterocycles. The fourth-order valence-corrected chi connectivity index (χ4v) is 12.2. The Kier molecular flexibility index (Phi) is 11.3. The zero-order chi connectivity index (χ0) is 30.8. The average Bonchev–Trinajstić information content (AvgIpc) is 2.91. The van der Waals surface area contributed by atoms with Crippen LogP contribution in [0.25, 0.3) is 0 Å². The smallest absolute Gasteiger partial charge is 0.294 e. The lowest BCUT2D eigenvalue weighted by Gasteiger charge is -2.32. The number of benzene rings is 3. The number of hydrogen-bond acceptors (Lipinski definition) is 0. The molecule has 0 bridgehead atoms. The molecule has 41 heavy (non-hydrogen) atoms. The molecule has 0 fully saturated rings. The highest BCUT2D eigenvalue weighted by Gasteiger charge is 2.47. The van der Waals surface area contributed by atoms with Crippen molar-refractivity contribution in [3.63, 3.8) is 0 Å². The lowest BCUT2D eigenvalue weighted by Crippen LogP contribution is -2.62. The number of rotatable bonds is 10. The van der Waals surface area contributed by atoms with Gasteiger partial charge in [-0.25, -0.2) is 0 Å². The maximum absolute atomic E-state index is 18.7. The molecule has 222 valence electrons. The predicted octanol–water partition coefficient (Wildman–Crippen LogP) is 10.6. The first-order valence-electron chi connectivity index (χ1n) is 15.5. The Balaban J connectivity index is 2.52. The van der Waals surface area contributed by atoms with Crippen LogP contribution in [0.15, 0.2) is 54.6 Å². The van der Waals surface area contributed by atoms with Gasteiger partial charge in [0.05, 0.1) is 4.38 Å². The van der Waals surface area contributed by atoms with E-state index in [9.17, 15) is 0 Å². The lowest BCUT2D eigenvalue weighted by atomic mass is 9.89. The van der Waals surface area contributed by atoms with Crippen LogP contribution >= 0.6 is 19.8 Å². The molecule has 0 amide bonds. The van der Waals surface area contributed by atoms with Crippen molar-refractivity contribution in [3.8, 4) is 0 Å². The highest BCUT2D eigenvalue weighted by Crippen LogP contribution is 2.34. The monoisotopic (exact) mass is 608 g/mol. The fourth-order valence-electron chi connectivity index (χ4n) is 5.61. The third kappa shape index (κ3) is 7.09. The van der Waals surface area contributed by atoms with Crippen molar-refractivity contribution in [2.75, 3.05) is 0 Å². The van der Waals surface area contributed by atoms with Gasteiger partial charge in [-0.05, 0) is 79.3 Å². The maximum Gasteiger partial charge on any atom is 0.355 e. The molecule has 0 saturated heterocycles. The van der Waals surface area contributed by atoms with E-state index in [1.807, 2.05) is 30.3 Å². The molecule has 3 aromatic rings. The van der Waals surface area contributed by atoms with Crippen molar-refractivity contribution in [1.82, 2.24) is 0 Å². The zero-order valence-electron chi connectivity index (χ0n) is 27.4. The fraction of sp³-hybridized carbons (Fsp3) is 0.486. The second-order valence-electron chi connectivity index (χ2n) is 13.5. The largest absolute Gasteiger partial charge is 0.355 e. The van der Waals surface area contributed by atoms with E-state index in [0.29, 0.717) is 28.0 Å². The summed E-state index contributed by atoms with van der Waals surface area (Å²) in [5.74, 6) is 1.77. The van der Waals surface area contributed by atoms with Crippen molar-refractivity contribution in [1.29, 1.82) is 0 Å². The van der Waals surface area contributed by atoms with Crippen LogP contribution in [-0.2, 0) is 0 Å². The summed E-state index contributed by atoms with van der Waals surface area (Å²) in [6, 6.07) is 19.0. The topological polar surface area (TPSA) is 0 Å². The van der Waals surface area contributed by atoms with Crippen molar-refractivity contribution >= 4 is 48.3 Å². The summed E-state index contributed by atoms with van der Waals surface area (Å²) in [6.07, 6.45) is 0. The molecule has 3 aromatic carbocycles. The van der Waals surface area contributed by atoms with Crippen LogP contribution in [0.2, 0.25) is 0 Å². The third-order valence-corrected chi connectivity index (χ3v) is 14.4. The van der Waals surface area contributed by atoms with Crippen LogP contribution in [0, 0.1) is 0 Å². The molecule has 0 saturated carbocycles. The summed E-state index contributed by atoms with van der Waals surface area (Å²) in [4.78, 5) is 0. The van der Waals surface area contributed by atoms with E-state index in [2.05, 4.69) is 107 Å². The molecule has 0 nitrogen and oxygen atoms in total. The number of hydrogen-bond donors (Lipinski definition) is 0. The molecule has 3 rings (SSSR count). The van der Waals surface area contributed by atoms with Gasteiger partial charge in [0.25, 0.3) is 0 Å². The summed E-state index contributed by atoms with van der Waals surface area (Å²) >= 11 is 7.49. The van der Waals surface area contributed by atoms with E-state index in [0.717, 1.165) is 29.7 Å². The maximum atomic E-state index is 18.7. The predicted molar refractivity (Wildman–Crippen MR) is 187 cm³/mol. The van der Waals surface area contributed by atoms with Gasteiger partial charge >= 0.3 is 8.41 Å². The Hall–Kier alpha value is -1.73. The summed E-state index contributed by atoms with van der Waals surface area (Å²) in [7, 11) is -3.25. The molecule has 0 aliphatic carbocycles. The van der Waals surface area contributed by atoms with Crippen LogP contribution in [-0.4, -0.2) is 12.8 Å². The van der Waals surface area contributed by atoms with Crippen LogP contribution in [0.3, 0.4) is 0 Å². The first kappa shape index (κ1) is 33.8. The van der Waals surface area contributed by atoms with Gasteiger partial charge in [0.15, 0.2) is 0 Å². The quantitative estimate of drug-likeness (QED) is 0.122. The van der Waals surface area contributed by atoms with E-state index in [1.54, 1.807) is 0 Å². The molecule has 0 heterocycles. The van der Waals surface area contributed by atoms with Gasteiger partial charge in [0.1, 0.15) is 0 Å². The molecular formula is C37H51ClFPSi. The highest BCUT2D eigenvalue weighted by atomic mass is 35.5. The van der Waals surface area contributed by atoms with E-state index in [4.69, 9.17) is 11.6 Å². The standard InChI is InChI=1S/C37H51ClFPSi/c1-22(2)28-18-31(24(5)6)35(32(19-28)25(7)8)40-37(38)41(39,30-16-14-13-15-17-30)36-33(26(9)10)20-29(23(3)4)21-34(36)27(11)12/h13-27H,1-12H3. The first-order valence-corrected chi connectivity index (χ1v) is 18.6. The molecular weight excluding hydrogens is 558 g/mol. The molecule has 0 N–H and O–H groups in total. The van der Waals surface area contributed by atoms with E-state index < -0.39 is 8.41 Å². The average molecular weight is 609 g/mol. The van der Waals surface area contributed by atoms with Gasteiger partial charge in [-0.2, -0.15) is 0 Å². The SMILES string of the molecule is CC(C)c1cc(C(C)C)c(P=C(Cl)[Si](F)(c2ccccc2)c2c(C(C)C)cc(C(C)C)cc2C(C)C)c(C(C)C)c1. The third-order valence-electron chi connectivity index (χ3n) is 8.24. The van der Waals surface area contributed by atoms with Crippen molar-refractivity contribution < 1.29 is 4.11 Å². The van der Waals surface area contributed by atoms with Gasteiger partial charge in [0, 0.05) is 5.30 Å². The van der Waals surface area contributed by atoms with Crippen LogP contribution < -0.4 is 15.7 Å². The highest BCUT2D eigenvalue weighted by molar-refractivity contribution is 7.65. The molecule has 1 atom stereocenters. The Labute approximate surface area is 258 Å². The Bertz CT molecular complexity index is 1310. The van der Waals surface area contributed by atoms with Gasteiger partial charge < -0.3 is 0 Å². The minimum Gasteiger partial charge on any atom is -0.294 e. The molecule has 1 unspecified atom stereocenters. The van der Waals surface area contributed by atoms with Gasteiger partial charge in [-0.1, -0.05) is 157 Å².